The molecule has 0 saturated heterocycles. The van der Waals surface area contributed by atoms with Crippen LogP contribution in [0.3, 0.4) is 0 Å². The van der Waals surface area contributed by atoms with Crippen LogP contribution in [0, 0.1) is 13.8 Å². The van der Waals surface area contributed by atoms with Gasteiger partial charge in [-0.15, -0.1) is 0 Å². The van der Waals surface area contributed by atoms with E-state index in [9.17, 15) is 4.79 Å². The minimum Gasteiger partial charge on any atom is -0.440 e. The molecule has 1 amide bonds. The standard InChI is InChI=1S/C28H37N3O3Si/c1-18-20(21-11-9-13-23(29)19(21)2)10-8-12-22(18)26-30-25-24(34-26)14-15-31(27(25)32)16-17-33-35(6,7)28(3,4)5/h8-13H,14-17,29H2,1-7H3. The zero-order valence-electron chi connectivity index (χ0n) is 22.0. The highest BCUT2D eigenvalue weighted by molar-refractivity contribution is 6.74. The molecule has 1 aliphatic heterocycles. The van der Waals surface area contributed by atoms with Crippen molar-refractivity contribution in [3.63, 3.8) is 0 Å². The maximum Gasteiger partial charge on any atom is 0.276 e. The molecule has 2 heterocycles. The third-order valence-electron chi connectivity index (χ3n) is 7.66. The summed E-state index contributed by atoms with van der Waals surface area (Å²) >= 11 is 0. The zero-order chi connectivity index (χ0) is 25.5. The number of carbonyl (C=O) groups is 1. The molecule has 0 spiro atoms. The zero-order valence-corrected chi connectivity index (χ0v) is 23.0. The van der Waals surface area contributed by atoms with E-state index in [0.717, 1.165) is 33.5 Å². The van der Waals surface area contributed by atoms with E-state index in [1.54, 1.807) is 0 Å². The summed E-state index contributed by atoms with van der Waals surface area (Å²) in [5.74, 6) is 1.07. The maximum absolute atomic E-state index is 13.2. The maximum atomic E-state index is 13.2. The lowest BCUT2D eigenvalue weighted by molar-refractivity contribution is 0.0697. The highest BCUT2D eigenvalue weighted by Gasteiger charge is 2.37. The number of anilines is 1. The molecule has 7 heteroatoms. The number of carbonyl (C=O) groups excluding carboxylic acids is 1. The number of rotatable bonds is 6. The average Bonchev–Trinajstić information content (AvgIpc) is 3.22. The molecule has 0 saturated carbocycles. The lowest BCUT2D eigenvalue weighted by atomic mass is 9.93. The molecule has 1 aliphatic rings. The van der Waals surface area contributed by atoms with Gasteiger partial charge in [0.15, 0.2) is 14.0 Å². The van der Waals surface area contributed by atoms with Gasteiger partial charge < -0.3 is 19.5 Å². The first-order valence-electron chi connectivity index (χ1n) is 12.3. The lowest BCUT2D eigenvalue weighted by Gasteiger charge is -2.37. The number of hydrogen-bond donors (Lipinski definition) is 1. The molecule has 0 atom stereocenters. The van der Waals surface area contributed by atoms with E-state index in [4.69, 9.17) is 14.6 Å². The van der Waals surface area contributed by atoms with E-state index in [2.05, 4.69) is 57.9 Å². The average molecular weight is 492 g/mol. The monoisotopic (exact) mass is 491 g/mol. The molecule has 0 fully saturated rings. The Morgan fingerprint density at radius 3 is 2.37 bits per heavy atom. The minimum absolute atomic E-state index is 0.0828. The van der Waals surface area contributed by atoms with Crippen LogP contribution in [0.25, 0.3) is 22.6 Å². The minimum atomic E-state index is -1.85. The molecule has 0 unspecified atom stereocenters. The SMILES string of the molecule is Cc1c(N)cccc1-c1cccc(-c2nc3c(o2)CCN(CCO[Si](C)(C)C(C)(C)C)C3=O)c1C. The molecule has 2 N–H and O–H groups in total. The van der Waals surface area contributed by atoms with Crippen molar-refractivity contribution >= 4 is 19.9 Å². The molecule has 0 aliphatic carbocycles. The van der Waals surface area contributed by atoms with Gasteiger partial charge in [0, 0.05) is 30.8 Å². The largest absolute Gasteiger partial charge is 0.440 e. The van der Waals surface area contributed by atoms with Gasteiger partial charge in [0.2, 0.25) is 5.89 Å². The summed E-state index contributed by atoms with van der Waals surface area (Å²) in [5, 5.41) is 0.142. The van der Waals surface area contributed by atoms with Crippen LogP contribution < -0.4 is 5.73 Å². The molecule has 0 bridgehead atoms. The first kappa shape index (κ1) is 25.2. The van der Waals surface area contributed by atoms with E-state index >= 15 is 0 Å². The normalized spacial score (nSPS) is 14.4. The second kappa shape index (κ2) is 9.28. The summed E-state index contributed by atoms with van der Waals surface area (Å²) in [7, 11) is -1.85. The van der Waals surface area contributed by atoms with Crippen molar-refractivity contribution in [1.82, 2.24) is 9.88 Å². The van der Waals surface area contributed by atoms with Gasteiger partial charge in [-0.05, 0) is 66.4 Å². The number of aromatic nitrogens is 1. The van der Waals surface area contributed by atoms with E-state index < -0.39 is 8.32 Å². The fraction of sp³-hybridized carbons (Fsp3) is 0.429. The second-order valence-electron chi connectivity index (χ2n) is 10.9. The van der Waals surface area contributed by atoms with Gasteiger partial charge in [-0.1, -0.05) is 45.0 Å². The van der Waals surface area contributed by atoms with Crippen molar-refractivity contribution in [2.45, 2.75) is 59.2 Å². The van der Waals surface area contributed by atoms with Crippen molar-refractivity contribution in [2.24, 2.45) is 0 Å². The van der Waals surface area contributed by atoms with Crippen LogP contribution in [-0.2, 0) is 10.8 Å². The fourth-order valence-electron chi connectivity index (χ4n) is 4.24. The number of amides is 1. The van der Waals surface area contributed by atoms with E-state index in [1.165, 1.54) is 0 Å². The summed E-state index contributed by atoms with van der Waals surface area (Å²) in [6.07, 6.45) is 0.654. The highest BCUT2D eigenvalue weighted by atomic mass is 28.4. The number of fused-ring (bicyclic) bond motifs is 1. The predicted molar refractivity (Wildman–Crippen MR) is 144 cm³/mol. The van der Waals surface area contributed by atoms with Gasteiger partial charge in [0.25, 0.3) is 5.91 Å². The Bertz CT molecular complexity index is 1260. The fourth-order valence-corrected chi connectivity index (χ4v) is 5.27. The van der Waals surface area contributed by atoms with Crippen LogP contribution >= 0.6 is 0 Å². The number of hydrogen-bond acceptors (Lipinski definition) is 5. The highest BCUT2D eigenvalue weighted by Crippen LogP contribution is 2.37. The molecular weight excluding hydrogens is 454 g/mol. The third kappa shape index (κ3) is 4.80. The molecule has 186 valence electrons. The Kier molecular flexibility index (Phi) is 6.68. The number of benzene rings is 2. The van der Waals surface area contributed by atoms with Gasteiger partial charge in [-0.2, -0.15) is 0 Å². The van der Waals surface area contributed by atoms with Crippen LogP contribution in [0.4, 0.5) is 5.69 Å². The van der Waals surface area contributed by atoms with Gasteiger partial charge >= 0.3 is 0 Å². The quantitative estimate of drug-likeness (QED) is 0.327. The van der Waals surface area contributed by atoms with E-state index in [1.807, 2.05) is 36.1 Å². The van der Waals surface area contributed by atoms with E-state index in [0.29, 0.717) is 43.5 Å². The molecule has 0 radical (unpaired) electrons. The number of nitrogen functional groups attached to an aromatic ring is 1. The lowest BCUT2D eigenvalue weighted by Crippen LogP contribution is -2.45. The van der Waals surface area contributed by atoms with Crippen molar-refractivity contribution in [2.75, 3.05) is 25.4 Å². The van der Waals surface area contributed by atoms with Crippen molar-refractivity contribution in [3.05, 3.63) is 59.0 Å². The van der Waals surface area contributed by atoms with Crippen molar-refractivity contribution in [1.29, 1.82) is 0 Å². The van der Waals surface area contributed by atoms with Crippen LogP contribution in [-0.4, -0.2) is 43.8 Å². The number of nitrogens with zero attached hydrogens (tertiary/aromatic N) is 2. The Morgan fingerprint density at radius 2 is 1.69 bits per heavy atom. The first-order valence-corrected chi connectivity index (χ1v) is 15.2. The van der Waals surface area contributed by atoms with Crippen LogP contribution in [0.15, 0.2) is 40.8 Å². The molecule has 3 aromatic rings. The molecule has 4 rings (SSSR count). The van der Waals surface area contributed by atoms with Crippen LogP contribution in [0.1, 0.15) is 48.1 Å². The Balaban J connectivity index is 1.56. The summed E-state index contributed by atoms with van der Waals surface area (Å²) in [6.45, 7) is 16.9. The molecule has 1 aromatic heterocycles. The predicted octanol–water partition coefficient (Wildman–Crippen LogP) is 6.23. The molecule has 6 nitrogen and oxygen atoms in total. The van der Waals surface area contributed by atoms with Crippen LogP contribution in [0.5, 0.6) is 0 Å². The summed E-state index contributed by atoms with van der Waals surface area (Å²) < 4.78 is 12.4. The van der Waals surface area contributed by atoms with Gasteiger partial charge in [0.05, 0.1) is 6.61 Å². The van der Waals surface area contributed by atoms with E-state index in [-0.39, 0.29) is 10.9 Å². The van der Waals surface area contributed by atoms with Gasteiger partial charge in [-0.25, -0.2) is 4.98 Å². The molecule has 35 heavy (non-hydrogen) atoms. The number of nitrogens with two attached hydrogens (primary N) is 1. The van der Waals surface area contributed by atoms with Crippen molar-refractivity contribution < 1.29 is 13.6 Å². The summed E-state index contributed by atoms with van der Waals surface area (Å²) in [4.78, 5) is 19.7. The smallest absolute Gasteiger partial charge is 0.276 e. The Hall–Kier alpha value is -2.90. The van der Waals surface area contributed by atoms with Crippen LogP contribution in [0.2, 0.25) is 18.1 Å². The summed E-state index contributed by atoms with van der Waals surface area (Å²) in [5.41, 5.74) is 12.5. The third-order valence-corrected chi connectivity index (χ3v) is 12.2. The molecular formula is C28H37N3O3Si. The summed E-state index contributed by atoms with van der Waals surface area (Å²) in [6, 6.07) is 12.0. The van der Waals surface area contributed by atoms with Gasteiger partial charge in [0.1, 0.15) is 5.76 Å². The molecule has 2 aromatic carbocycles. The second-order valence-corrected chi connectivity index (χ2v) is 15.7. The first-order chi connectivity index (χ1) is 16.4. The topological polar surface area (TPSA) is 81.6 Å². The van der Waals surface area contributed by atoms with Gasteiger partial charge in [-0.3, -0.25) is 4.79 Å². The number of oxazole rings is 1. The van der Waals surface area contributed by atoms with Crippen molar-refractivity contribution in [3.8, 4) is 22.6 Å². The Labute approximate surface area is 209 Å². The Morgan fingerprint density at radius 1 is 1.06 bits per heavy atom.